The number of aliphatic carboxylic acids is 2. The highest BCUT2D eigenvalue weighted by Crippen LogP contribution is 2.02. The lowest BCUT2D eigenvalue weighted by Crippen LogP contribution is -2.60. The number of rotatable bonds is 14. The number of carboxylic acids is 2. The number of aliphatic hydroxyl groups excluding tert-OH is 2. The van der Waals surface area contributed by atoms with Crippen LogP contribution in [-0.2, 0) is 28.8 Å². The maximum absolute atomic E-state index is 12.5. The van der Waals surface area contributed by atoms with E-state index in [2.05, 4.69) is 10.6 Å². The molecule has 15 heteroatoms. The molecule has 15 nitrogen and oxygen atoms in total. The maximum atomic E-state index is 12.5. The van der Waals surface area contributed by atoms with Gasteiger partial charge in [-0.1, -0.05) is 0 Å². The van der Waals surface area contributed by atoms with Gasteiger partial charge in [-0.3, -0.25) is 24.0 Å². The van der Waals surface area contributed by atoms with Crippen molar-refractivity contribution >= 4 is 35.6 Å². The zero-order valence-corrected chi connectivity index (χ0v) is 16.6. The van der Waals surface area contributed by atoms with Crippen molar-refractivity contribution in [2.24, 2.45) is 11.5 Å². The van der Waals surface area contributed by atoms with Gasteiger partial charge in [0, 0.05) is 6.42 Å². The quantitative estimate of drug-likeness (QED) is 0.121. The lowest BCUT2D eigenvalue weighted by molar-refractivity contribution is -0.143. The highest BCUT2D eigenvalue weighted by molar-refractivity contribution is 5.96. The van der Waals surface area contributed by atoms with Crippen molar-refractivity contribution in [2.45, 2.75) is 56.5 Å². The lowest BCUT2D eigenvalue weighted by atomic mass is 10.1. The molecule has 0 aliphatic heterocycles. The Bertz CT molecular complexity index is 698. The van der Waals surface area contributed by atoms with E-state index < -0.39 is 85.3 Å². The van der Waals surface area contributed by atoms with Crippen LogP contribution < -0.4 is 27.4 Å². The van der Waals surface area contributed by atoms with Crippen LogP contribution >= 0.6 is 0 Å². The second-order valence-corrected chi connectivity index (χ2v) is 6.58. The normalized spacial score (nSPS) is 15.5. The molecule has 0 heterocycles. The van der Waals surface area contributed by atoms with E-state index >= 15 is 0 Å². The van der Waals surface area contributed by atoms with Crippen LogP contribution in [0.2, 0.25) is 0 Å². The third kappa shape index (κ3) is 10.3. The van der Waals surface area contributed by atoms with Crippen molar-refractivity contribution < 1.29 is 49.2 Å². The number of hydrogen-bond acceptors (Lipinski definition) is 9. The minimum Gasteiger partial charge on any atom is -0.481 e. The van der Waals surface area contributed by atoms with Crippen LogP contribution in [0.1, 0.15) is 26.2 Å². The second kappa shape index (κ2) is 13.1. The van der Waals surface area contributed by atoms with E-state index in [1.807, 2.05) is 5.32 Å². The van der Waals surface area contributed by atoms with E-state index in [0.29, 0.717) is 0 Å². The summed E-state index contributed by atoms with van der Waals surface area (Å²) in [5.74, 6) is -7.07. The molecule has 11 N–H and O–H groups in total. The average Bonchev–Trinajstić information content (AvgIpc) is 2.66. The Morgan fingerprint density at radius 1 is 0.903 bits per heavy atom. The average molecular weight is 449 g/mol. The van der Waals surface area contributed by atoms with E-state index in [1.165, 1.54) is 0 Å². The number of hydrogen-bond donors (Lipinski definition) is 9. The molecule has 0 fully saturated rings. The van der Waals surface area contributed by atoms with Crippen LogP contribution in [-0.4, -0.2) is 92.9 Å². The van der Waals surface area contributed by atoms with Gasteiger partial charge in [0.1, 0.15) is 18.1 Å². The van der Waals surface area contributed by atoms with Crippen LogP contribution in [0.15, 0.2) is 0 Å². The number of carbonyl (C=O) groups is 6. The van der Waals surface area contributed by atoms with Crippen molar-refractivity contribution in [3.05, 3.63) is 0 Å². The number of carbonyl (C=O) groups excluding carboxylic acids is 4. The molecule has 0 aromatic heterocycles. The van der Waals surface area contributed by atoms with Gasteiger partial charge in [0.2, 0.25) is 23.6 Å². The number of nitrogens with one attached hydrogen (secondary N) is 3. The molecule has 0 aromatic carbocycles. The number of amides is 4. The first-order valence-electron chi connectivity index (χ1n) is 8.98. The van der Waals surface area contributed by atoms with Crippen molar-refractivity contribution in [3.63, 3.8) is 0 Å². The molecule has 0 aromatic rings. The summed E-state index contributed by atoms with van der Waals surface area (Å²) in [4.78, 5) is 69.5. The largest absolute Gasteiger partial charge is 0.481 e. The summed E-state index contributed by atoms with van der Waals surface area (Å²) in [6.45, 7) is 0.154. The Hall–Kier alpha value is -3.30. The fourth-order valence-corrected chi connectivity index (χ4v) is 2.21. The van der Waals surface area contributed by atoms with E-state index in [9.17, 15) is 33.9 Å². The topological polar surface area (TPSA) is 271 Å². The Balaban J connectivity index is 5.33. The summed E-state index contributed by atoms with van der Waals surface area (Å²) in [6.07, 6.45) is -2.93. The third-order valence-corrected chi connectivity index (χ3v) is 3.90. The molecule has 5 atom stereocenters. The molecule has 0 bridgehead atoms. The summed E-state index contributed by atoms with van der Waals surface area (Å²) in [5, 5.41) is 42.3. The highest BCUT2D eigenvalue weighted by atomic mass is 16.4. The smallest absolute Gasteiger partial charge is 0.328 e. The molecule has 31 heavy (non-hydrogen) atoms. The van der Waals surface area contributed by atoms with Gasteiger partial charge in [0.25, 0.3) is 0 Å². The molecule has 4 amide bonds. The first-order valence-corrected chi connectivity index (χ1v) is 8.98. The molecule has 0 rings (SSSR count). The van der Waals surface area contributed by atoms with Crippen LogP contribution in [0.3, 0.4) is 0 Å². The monoisotopic (exact) mass is 449 g/mol. The van der Waals surface area contributed by atoms with Gasteiger partial charge in [0.05, 0.1) is 25.2 Å². The Labute approximate surface area is 176 Å². The molecular weight excluding hydrogens is 422 g/mol. The summed E-state index contributed by atoms with van der Waals surface area (Å²) >= 11 is 0. The second-order valence-electron chi connectivity index (χ2n) is 6.58. The van der Waals surface area contributed by atoms with E-state index in [0.717, 1.165) is 6.92 Å². The predicted molar refractivity (Wildman–Crippen MR) is 101 cm³/mol. The van der Waals surface area contributed by atoms with Crippen LogP contribution in [0.5, 0.6) is 0 Å². The van der Waals surface area contributed by atoms with E-state index in [1.54, 1.807) is 0 Å². The maximum Gasteiger partial charge on any atom is 0.328 e. The lowest BCUT2D eigenvalue weighted by Gasteiger charge is -2.25. The Morgan fingerprint density at radius 3 is 1.87 bits per heavy atom. The van der Waals surface area contributed by atoms with Gasteiger partial charge >= 0.3 is 11.9 Å². The summed E-state index contributed by atoms with van der Waals surface area (Å²) in [7, 11) is 0. The fourth-order valence-electron chi connectivity index (χ4n) is 2.21. The van der Waals surface area contributed by atoms with Crippen molar-refractivity contribution in [1.82, 2.24) is 16.0 Å². The van der Waals surface area contributed by atoms with Gasteiger partial charge < -0.3 is 47.8 Å². The zero-order chi connectivity index (χ0) is 24.3. The highest BCUT2D eigenvalue weighted by Gasteiger charge is 2.33. The molecule has 176 valence electrons. The van der Waals surface area contributed by atoms with Crippen molar-refractivity contribution in [1.29, 1.82) is 0 Å². The summed E-state index contributed by atoms with van der Waals surface area (Å²) in [5.41, 5.74) is 10.6. The van der Waals surface area contributed by atoms with Crippen LogP contribution in [0.25, 0.3) is 0 Å². The summed E-state index contributed by atoms with van der Waals surface area (Å²) in [6, 6.07) is -6.37. The van der Waals surface area contributed by atoms with Crippen molar-refractivity contribution in [3.8, 4) is 0 Å². The number of carboxylic acid groups (broad SMARTS) is 2. The predicted octanol–water partition coefficient (Wildman–Crippen LogP) is -5.03. The molecule has 0 aliphatic rings. The standard InChI is InChI=1S/C16H27N5O10/c1-6(23)12(21-13(27)7(17)2-3-11(25)26)15(29)19-8(4-10(18)24)14(28)20-9(5-22)16(30)31/h6-9,12,22-23H,2-5,17H2,1H3,(H2,18,24)(H,19,29)(H,20,28)(H,21,27)(H,25,26)(H,30,31). The molecule has 0 aliphatic carbocycles. The molecule has 0 saturated carbocycles. The first kappa shape index (κ1) is 27.7. The molecule has 0 saturated heterocycles. The SMILES string of the molecule is CC(O)C(NC(=O)C(N)CCC(=O)O)C(=O)NC(CC(N)=O)C(=O)NC(CO)C(=O)O. The third-order valence-electron chi connectivity index (χ3n) is 3.90. The molecule has 0 radical (unpaired) electrons. The van der Waals surface area contributed by atoms with Gasteiger partial charge in [-0.05, 0) is 13.3 Å². The Morgan fingerprint density at radius 2 is 1.45 bits per heavy atom. The van der Waals surface area contributed by atoms with E-state index in [4.69, 9.17) is 26.8 Å². The number of primary amides is 1. The fraction of sp³-hybridized carbons (Fsp3) is 0.625. The van der Waals surface area contributed by atoms with Crippen LogP contribution in [0, 0.1) is 0 Å². The molecular formula is C16H27N5O10. The number of nitrogens with two attached hydrogens (primary N) is 2. The number of aliphatic hydroxyl groups is 2. The zero-order valence-electron chi connectivity index (χ0n) is 16.6. The molecule has 0 spiro atoms. The first-order chi connectivity index (χ1) is 14.3. The Kier molecular flexibility index (Phi) is 11.7. The minimum absolute atomic E-state index is 0.250. The van der Waals surface area contributed by atoms with Gasteiger partial charge in [-0.2, -0.15) is 0 Å². The minimum atomic E-state index is -1.72. The van der Waals surface area contributed by atoms with Crippen molar-refractivity contribution in [2.75, 3.05) is 6.61 Å². The summed E-state index contributed by atoms with van der Waals surface area (Å²) < 4.78 is 0. The van der Waals surface area contributed by atoms with Gasteiger partial charge in [0.15, 0.2) is 0 Å². The van der Waals surface area contributed by atoms with E-state index in [-0.39, 0.29) is 6.42 Å². The van der Waals surface area contributed by atoms with Gasteiger partial charge in [-0.15, -0.1) is 0 Å². The molecule has 5 unspecified atom stereocenters. The van der Waals surface area contributed by atoms with Gasteiger partial charge in [-0.25, -0.2) is 4.79 Å². The van der Waals surface area contributed by atoms with Crippen LogP contribution in [0.4, 0.5) is 0 Å².